The Balaban J connectivity index is 1.45. The number of carbonyl (C=O) groups is 1. The summed E-state index contributed by atoms with van der Waals surface area (Å²) in [5.41, 5.74) is 5.72. The molecule has 0 N–H and O–H groups in total. The van der Waals surface area contributed by atoms with E-state index in [0.717, 1.165) is 45.8 Å². The van der Waals surface area contributed by atoms with E-state index in [1.807, 2.05) is 44.2 Å². The SMILES string of the molecule is CC(=O)OC(C)(C)c1ccccc1[C@H](CCSCC1CC1)c1cccc(C=Cc2ccc3ccc(Cl)cc3n2)c1. The van der Waals surface area contributed by atoms with Gasteiger partial charge in [-0.2, -0.15) is 11.8 Å². The number of hydrogen-bond donors (Lipinski definition) is 0. The highest BCUT2D eigenvalue weighted by molar-refractivity contribution is 7.99. The molecule has 1 aromatic heterocycles. The number of aromatic nitrogens is 1. The lowest BCUT2D eigenvalue weighted by molar-refractivity contribution is -0.154. The van der Waals surface area contributed by atoms with Crippen LogP contribution < -0.4 is 0 Å². The maximum atomic E-state index is 11.9. The summed E-state index contributed by atoms with van der Waals surface area (Å²) in [4.78, 5) is 16.7. The van der Waals surface area contributed by atoms with Gasteiger partial charge >= 0.3 is 5.97 Å². The van der Waals surface area contributed by atoms with Gasteiger partial charge in [0.2, 0.25) is 0 Å². The molecule has 0 radical (unpaired) electrons. The van der Waals surface area contributed by atoms with Crippen LogP contribution in [-0.4, -0.2) is 22.5 Å². The number of esters is 1. The quantitative estimate of drug-likeness (QED) is 0.133. The lowest BCUT2D eigenvalue weighted by Crippen LogP contribution is -2.26. The third-order valence-corrected chi connectivity index (χ3v) is 8.89. The molecule has 5 rings (SSSR count). The molecule has 0 aliphatic heterocycles. The lowest BCUT2D eigenvalue weighted by atomic mass is 9.81. The van der Waals surface area contributed by atoms with Crippen molar-refractivity contribution in [3.05, 3.63) is 112 Å². The third-order valence-electron chi connectivity index (χ3n) is 7.42. The van der Waals surface area contributed by atoms with Crippen molar-refractivity contribution in [1.29, 1.82) is 0 Å². The van der Waals surface area contributed by atoms with Crippen molar-refractivity contribution in [3.8, 4) is 0 Å². The second-order valence-corrected chi connectivity index (χ2v) is 12.7. The van der Waals surface area contributed by atoms with E-state index in [2.05, 4.69) is 72.4 Å². The van der Waals surface area contributed by atoms with Crippen molar-refractivity contribution in [2.24, 2.45) is 5.92 Å². The molecule has 40 heavy (non-hydrogen) atoms. The van der Waals surface area contributed by atoms with Gasteiger partial charge in [-0.25, -0.2) is 4.98 Å². The highest BCUT2D eigenvalue weighted by Crippen LogP contribution is 2.39. The highest BCUT2D eigenvalue weighted by atomic mass is 35.5. The van der Waals surface area contributed by atoms with Crippen LogP contribution in [0.1, 0.15) is 73.9 Å². The van der Waals surface area contributed by atoms with Crippen LogP contribution in [0.15, 0.2) is 78.9 Å². The number of nitrogens with zero attached hydrogens (tertiary/aromatic N) is 1. The van der Waals surface area contributed by atoms with Crippen LogP contribution in [0.2, 0.25) is 5.02 Å². The molecule has 206 valence electrons. The molecule has 1 fully saturated rings. The van der Waals surface area contributed by atoms with Gasteiger partial charge in [0.15, 0.2) is 0 Å². The molecule has 1 saturated carbocycles. The van der Waals surface area contributed by atoms with Gasteiger partial charge in [0.05, 0.1) is 11.2 Å². The van der Waals surface area contributed by atoms with Gasteiger partial charge in [-0.1, -0.05) is 78.3 Å². The Morgan fingerprint density at radius 2 is 1.85 bits per heavy atom. The van der Waals surface area contributed by atoms with Crippen molar-refractivity contribution in [1.82, 2.24) is 4.98 Å². The molecule has 1 atom stereocenters. The zero-order valence-corrected chi connectivity index (χ0v) is 25.0. The minimum Gasteiger partial charge on any atom is -0.455 e. The fraction of sp³-hybridized carbons (Fsp3) is 0.314. The number of fused-ring (bicyclic) bond motifs is 1. The van der Waals surface area contributed by atoms with E-state index in [4.69, 9.17) is 21.3 Å². The number of halogens is 1. The number of rotatable bonds is 11. The minimum absolute atomic E-state index is 0.187. The van der Waals surface area contributed by atoms with E-state index in [9.17, 15) is 4.79 Å². The molecule has 1 heterocycles. The van der Waals surface area contributed by atoms with Gasteiger partial charge < -0.3 is 4.74 Å². The number of thioether (sulfide) groups is 1. The third kappa shape index (κ3) is 7.35. The van der Waals surface area contributed by atoms with Crippen molar-refractivity contribution < 1.29 is 9.53 Å². The Morgan fingerprint density at radius 1 is 1.05 bits per heavy atom. The summed E-state index contributed by atoms with van der Waals surface area (Å²) >= 11 is 8.25. The maximum Gasteiger partial charge on any atom is 0.303 e. The fourth-order valence-corrected chi connectivity index (χ4v) is 6.66. The van der Waals surface area contributed by atoms with Gasteiger partial charge in [0.1, 0.15) is 5.60 Å². The van der Waals surface area contributed by atoms with E-state index in [-0.39, 0.29) is 11.9 Å². The summed E-state index contributed by atoms with van der Waals surface area (Å²) in [5, 5.41) is 1.76. The molecule has 0 saturated heterocycles. The number of ether oxygens (including phenoxy) is 1. The van der Waals surface area contributed by atoms with Crippen LogP contribution >= 0.6 is 23.4 Å². The summed E-state index contributed by atoms with van der Waals surface area (Å²) in [7, 11) is 0. The molecular weight excluding hydrogens is 534 g/mol. The Labute approximate surface area is 247 Å². The zero-order valence-electron chi connectivity index (χ0n) is 23.4. The summed E-state index contributed by atoms with van der Waals surface area (Å²) in [6, 6.07) is 27.1. The van der Waals surface area contributed by atoms with Crippen LogP contribution in [0.5, 0.6) is 0 Å². The number of carbonyl (C=O) groups excluding carboxylic acids is 1. The summed E-state index contributed by atoms with van der Waals surface area (Å²) < 4.78 is 5.79. The van der Waals surface area contributed by atoms with Crippen LogP contribution in [0.3, 0.4) is 0 Å². The first kappa shape index (κ1) is 28.4. The smallest absolute Gasteiger partial charge is 0.303 e. The normalized spacial score (nSPS) is 14.5. The van der Waals surface area contributed by atoms with Crippen LogP contribution in [0.4, 0.5) is 0 Å². The summed E-state index contributed by atoms with van der Waals surface area (Å²) in [6.07, 6.45) is 7.95. The van der Waals surface area contributed by atoms with E-state index in [1.165, 1.54) is 36.6 Å². The van der Waals surface area contributed by atoms with E-state index in [0.29, 0.717) is 5.02 Å². The van der Waals surface area contributed by atoms with Gasteiger partial charge in [-0.3, -0.25) is 4.79 Å². The number of pyridine rings is 1. The first-order chi connectivity index (χ1) is 19.3. The number of hydrogen-bond acceptors (Lipinski definition) is 4. The Bertz CT molecular complexity index is 1530. The average Bonchev–Trinajstić information content (AvgIpc) is 3.76. The molecular formula is C35H36ClNO2S. The van der Waals surface area contributed by atoms with Crippen molar-refractivity contribution in [3.63, 3.8) is 0 Å². The molecule has 5 heteroatoms. The Kier molecular flexibility index (Phi) is 8.97. The van der Waals surface area contributed by atoms with E-state index >= 15 is 0 Å². The van der Waals surface area contributed by atoms with Crippen molar-refractivity contribution in [2.45, 2.75) is 51.6 Å². The van der Waals surface area contributed by atoms with E-state index < -0.39 is 5.60 Å². The van der Waals surface area contributed by atoms with Crippen LogP contribution in [0.25, 0.3) is 23.1 Å². The zero-order chi connectivity index (χ0) is 28.1. The predicted octanol–water partition coefficient (Wildman–Crippen LogP) is 9.52. The second kappa shape index (κ2) is 12.6. The molecule has 4 aromatic rings. The molecule has 3 nitrogen and oxygen atoms in total. The average molecular weight is 570 g/mol. The van der Waals surface area contributed by atoms with Gasteiger partial charge in [0.25, 0.3) is 0 Å². The molecule has 0 spiro atoms. The summed E-state index contributed by atoms with van der Waals surface area (Å²) in [5.74, 6) is 3.17. The highest BCUT2D eigenvalue weighted by Gasteiger charge is 2.30. The van der Waals surface area contributed by atoms with Gasteiger partial charge in [0, 0.05) is 23.3 Å². The molecule has 1 aliphatic carbocycles. The standard InChI is InChI=1S/C35H36ClNO2S/c1-24(38)39-35(2,3)33-10-5-4-9-32(33)31(19-20-40-23-26-11-12-26)28-8-6-7-25(21-28)13-17-30-18-15-27-14-16-29(36)22-34(27)37-30/h4-10,13-18,21-22,26,31H,11-12,19-20,23H2,1-3H3/t31-/m1/s1. The topological polar surface area (TPSA) is 39.2 Å². The molecule has 0 bridgehead atoms. The molecule has 0 amide bonds. The number of benzene rings is 3. The first-order valence-electron chi connectivity index (χ1n) is 14.0. The maximum absolute atomic E-state index is 11.9. The molecule has 3 aromatic carbocycles. The Hall–Kier alpha value is -3.08. The monoisotopic (exact) mass is 569 g/mol. The second-order valence-electron chi connectivity index (χ2n) is 11.1. The summed E-state index contributed by atoms with van der Waals surface area (Å²) in [6.45, 7) is 5.44. The predicted molar refractivity (Wildman–Crippen MR) is 170 cm³/mol. The first-order valence-corrected chi connectivity index (χ1v) is 15.5. The van der Waals surface area contributed by atoms with E-state index in [1.54, 1.807) is 0 Å². The fourth-order valence-electron chi connectivity index (χ4n) is 5.26. The van der Waals surface area contributed by atoms with Gasteiger partial charge in [-0.05, 0) is 97.1 Å². The minimum atomic E-state index is -0.718. The van der Waals surface area contributed by atoms with Crippen LogP contribution in [0, 0.1) is 5.92 Å². The lowest BCUT2D eigenvalue weighted by Gasteiger charge is -2.30. The molecule has 1 aliphatic rings. The van der Waals surface area contributed by atoms with Crippen molar-refractivity contribution in [2.75, 3.05) is 11.5 Å². The largest absolute Gasteiger partial charge is 0.455 e. The van der Waals surface area contributed by atoms with Crippen molar-refractivity contribution >= 4 is 52.4 Å². The Morgan fingerprint density at radius 3 is 2.65 bits per heavy atom. The van der Waals surface area contributed by atoms with Crippen LogP contribution in [-0.2, 0) is 15.1 Å². The molecule has 0 unspecified atom stereocenters. The van der Waals surface area contributed by atoms with Gasteiger partial charge in [-0.15, -0.1) is 0 Å².